The number of ketones is 1. The van der Waals surface area contributed by atoms with Gasteiger partial charge in [0.25, 0.3) is 5.91 Å². The SMILES string of the molecule is O=C(N/C(=C\c1ccc(O)cc1)C(=O)C1CC1)c1ccccc1. The fourth-order valence-electron chi connectivity index (χ4n) is 2.26. The predicted molar refractivity (Wildman–Crippen MR) is 87.7 cm³/mol. The molecule has 0 aromatic heterocycles. The predicted octanol–water partition coefficient (Wildman–Crippen LogP) is 3.14. The second-order valence-corrected chi connectivity index (χ2v) is 5.61. The van der Waals surface area contributed by atoms with Gasteiger partial charge in [-0.15, -0.1) is 0 Å². The van der Waals surface area contributed by atoms with Crippen LogP contribution in [0.2, 0.25) is 0 Å². The standard InChI is InChI=1S/C19H17NO3/c21-16-10-6-13(7-11-16)12-17(18(22)14-8-9-14)20-19(23)15-4-2-1-3-5-15/h1-7,10-12,14,21H,8-9H2,(H,20,23)/b17-12-. The van der Waals surface area contributed by atoms with Gasteiger partial charge in [0.05, 0.1) is 5.70 Å². The molecular formula is C19H17NO3. The van der Waals surface area contributed by atoms with E-state index < -0.39 is 0 Å². The molecule has 0 spiro atoms. The molecule has 0 radical (unpaired) electrons. The topological polar surface area (TPSA) is 66.4 Å². The molecule has 0 aliphatic heterocycles. The lowest BCUT2D eigenvalue weighted by atomic mass is 10.1. The van der Waals surface area contributed by atoms with Crippen molar-refractivity contribution in [1.29, 1.82) is 0 Å². The van der Waals surface area contributed by atoms with Crippen molar-refractivity contribution in [1.82, 2.24) is 5.32 Å². The molecule has 23 heavy (non-hydrogen) atoms. The average Bonchev–Trinajstić information content (AvgIpc) is 3.41. The zero-order valence-electron chi connectivity index (χ0n) is 12.5. The molecule has 116 valence electrons. The van der Waals surface area contributed by atoms with Crippen molar-refractivity contribution in [3.05, 3.63) is 71.4 Å². The van der Waals surface area contributed by atoms with E-state index in [9.17, 15) is 14.7 Å². The third-order valence-electron chi connectivity index (χ3n) is 3.70. The number of rotatable bonds is 5. The van der Waals surface area contributed by atoms with Crippen LogP contribution in [0.1, 0.15) is 28.8 Å². The van der Waals surface area contributed by atoms with Crippen LogP contribution in [0.4, 0.5) is 0 Å². The molecule has 0 bridgehead atoms. The highest BCUT2D eigenvalue weighted by molar-refractivity contribution is 6.07. The van der Waals surface area contributed by atoms with Crippen molar-refractivity contribution < 1.29 is 14.7 Å². The van der Waals surface area contributed by atoms with Gasteiger partial charge in [0, 0.05) is 11.5 Å². The van der Waals surface area contributed by atoms with Crippen molar-refractivity contribution in [2.75, 3.05) is 0 Å². The second-order valence-electron chi connectivity index (χ2n) is 5.61. The van der Waals surface area contributed by atoms with Gasteiger partial charge in [-0.05, 0) is 48.7 Å². The molecule has 0 saturated heterocycles. The van der Waals surface area contributed by atoms with Crippen molar-refractivity contribution in [2.24, 2.45) is 5.92 Å². The number of hydrogen-bond acceptors (Lipinski definition) is 3. The number of hydrogen-bond donors (Lipinski definition) is 2. The highest BCUT2D eigenvalue weighted by Gasteiger charge is 2.32. The number of carbonyl (C=O) groups excluding carboxylic acids is 2. The van der Waals surface area contributed by atoms with Crippen LogP contribution >= 0.6 is 0 Å². The zero-order valence-corrected chi connectivity index (χ0v) is 12.5. The van der Waals surface area contributed by atoms with Crippen molar-refractivity contribution in [2.45, 2.75) is 12.8 Å². The van der Waals surface area contributed by atoms with E-state index in [1.165, 1.54) is 0 Å². The third kappa shape index (κ3) is 3.86. The third-order valence-corrected chi connectivity index (χ3v) is 3.70. The van der Waals surface area contributed by atoms with Gasteiger partial charge in [-0.25, -0.2) is 0 Å². The lowest BCUT2D eigenvalue weighted by Gasteiger charge is -2.09. The van der Waals surface area contributed by atoms with Gasteiger partial charge >= 0.3 is 0 Å². The van der Waals surface area contributed by atoms with Crippen LogP contribution in [0.5, 0.6) is 5.75 Å². The molecule has 1 fully saturated rings. The van der Waals surface area contributed by atoms with Crippen LogP contribution in [0.15, 0.2) is 60.3 Å². The number of carbonyl (C=O) groups is 2. The van der Waals surface area contributed by atoms with E-state index in [4.69, 9.17) is 0 Å². The van der Waals surface area contributed by atoms with Gasteiger partial charge in [0.2, 0.25) is 0 Å². The number of Topliss-reactive ketones (excluding diaryl/α,β-unsaturated/α-hetero) is 1. The molecule has 4 nitrogen and oxygen atoms in total. The number of aromatic hydroxyl groups is 1. The van der Waals surface area contributed by atoms with Crippen LogP contribution in [0, 0.1) is 5.92 Å². The van der Waals surface area contributed by atoms with E-state index in [0.29, 0.717) is 11.3 Å². The smallest absolute Gasteiger partial charge is 0.255 e. The number of allylic oxidation sites excluding steroid dienone is 1. The number of phenols is 1. The Balaban J connectivity index is 1.85. The van der Waals surface area contributed by atoms with E-state index in [1.54, 1.807) is 54.6 Å². The van der Waals surface area contributed by atoms with Gasteiger partial charge in [0.15, 0.2) is 5.78 Å². The maximum Gasteiger partial charge on any atom is 0.255 e. The molecule has 0 unspecified atom stereocenters. The minimum atomic E-state index is -0.301. The van der Waals surface area contributed by atoms with E-state index in [-0.39, 0.29) is 23.4 Å². The summed E-state index contributed by atoms with van der Waals surface area (Å²) in [5, 5.41) is 12.1. The lowest BCUT2D eigenvalue weighted by molar-refractivity contribution is -0.116. The Hall–Kier alpha value is -2.88. The second kappa shape index (κ2) is 6.48. The Morgan fingerprint density at radius 2 is 1.65 bits per heavy atom. The summed E-state index contributed by atoms with van der Waals surface area (Å²) in [6.07, 6.45) is 3.39. The Labute approximate surface area is 134 Å². The molecule has 1 aliphatic rings. The summed E-state index contributed by atoms with van der Waals surface area (Å²) in [4.78, 5) is 24.7. The molecule has 0 atom stereocenters. The first kappa shape index (κ1) is 15.0. The summed E-state index contributed by atoms with van der Waals surface area (Å²) >= 11 is 0. The fourth-order valence-corrected chi connectivity index (χ4v) is 2.26. The molecular weight excluding hydrogens is 290 g/mol. The van der Waals surface area contributed by atoms with Crippen molar-refractivity contribution in [3.8, 4) is 5.75 Å². The van der Waals surface area contributed by atoms with E-state index in [2.05, 4.69) is 5.32 Å². The molecule has 4 heteroatoms. The van der Waals surface area contributed by atoms with Crippen molar-refractivity contribution in [3.63, 3.8) is 0 Å². The molecule has 1 amide bonds. The van der Waals surface area contributed by atoms with E-state index in [1.807, 2.05) is 6.07 Å². The van der Waals surface area contributed by atoms with Crippen LogP contribution in [0.25, 0.3) is 6.08 Å². The average molecular weight is 307 g/mol. The van der Waals surface area contributed by atoms with Crippen LogP contribution in [-0.4, -0.2) is 16.8 Å². The van der Waals surface area contributed by atoms with Crippen LogP contribution in [0.3, 0.4) is 0 Å². The highest BCUT2D eigenvalue weighted by Crippen LogP contribution is 2.32. The van der Waals surface area contributed by atoms with Gasteiger partial charge in [-0.2, -0.15) is 0 Å². The first-order valence-electron chi connectivity index (χ1n) is 7.55. The molecule has 1 saturated carbocycles. The Morgan fingerprint density at radius 3 is 2.26 bits per heavy atom. The summed E-state index contributed by atoms with van der Waals surface area (Å²) in [5.74, 6) is -0.174. The van der Waals surface area contributed by atoms with Crippen LogP contribution < -0.4 is 5.32 Å². The zero-order chi connectivity index (χ0) is 16.2. The summed E-state index contributed by atoms with van der Waals surface area (Å²) in [5.41, 5.74) is 1.56. The molecule has 2 N–H and O–H groups in total. The number of nitrogens with one attached hydrogen (secondary N) is 1. The quantitative estimate of drug-likeness (QED) is 0.834. The Kier molecular flexibility index (Phi) is 4.24. The van der Waals surface area contributed by atoms with Gasteiger partial charge in [-0.3, -0.25) is 9.59 Å². The maximum absolute atomic E-state index is 12.4. The molecule has 2 aromatic rings. The van der Waals surface area contributed by atoms with E-state index >= 15 is 0 Å². The first-order valence-corrected chi connectivity index (χ1v) is 7.55. The summed E-state index contributed by atoms with van der Waals surface area (Å²) < 4.78 is 0. The van der Waals surface area contributed by atoms with Crippen molar-refractivity contribution >= 4 is 17.8 Å². The van der Waals surface area contributed by atoms with E-state index in [0.717, 1.165) is 18.4 Å². The molecule has 3 rings (SSSR count). The maximum atomic E-state index is 12.4. The summed E-state index contributed by atoms with van der Waals surface area (Å²) in [7, 11) is 0. The number of benzene rings is 2. The Morgan fingerprint density at radius 1 is 1.00 bits per heavy atom. The number of amides is 1. The minimum absolute atomic E-state index is 0.00874. The van der Waals surface area contributed by atoms with Gasteiger partial charge in [-0.1, -0.05) is 30.3 Å². The monoisotopic (exact) mass is 307 g/mol. The summed E-state index contributed by atoms with van der Waals surface area (Å²) in [6, 6.07) is 15.3. The van der Waals surface area contributed by atoms with Gasteiger partial charge < -0.3 is 10.4 Å². The molecule has 0 heterocycles. The molecule has 2 aromatic carbocycles. The minimum Gasteiger partial charge on any atom is -0.508 e. The first-order chi connectivity index (χ1) is 11.1. The molecule has 1 aliphatic carbocycles. The Bertz CT molecular complexity index is 744. The lowest BCUT2D eigenvalue weighted by Crippen LogP contribution is -2.28. The normalized spacial score (nSPS) is 14.3. The summed E-state index contributed by atoms with van der Waals surface area (Å²) in [6.45, 7) is 0. The van der Waals surface area contributed by atoms with Crippen LogP contribution in [-0.2, 0) is 4.79 Å². The number of phenolic OH excluding ortho intramolecular Hbond substituents is 1. The fraction of sp³-hybridized carbons (Fsp3) is 0.158. The largest absolute Gasteiger partial charge is 0.508 e. The highest BCUT2D eigenvalue weighted by atomic mass is 16.3. The van der Waals surface area contributed by atoms with Gasteiger partial charge in [0.1, 0.15) is 5.75 Å².